The van der Waals surface area contributed by atoms with Crippen LogP contribution in [0.5, 0.6) is 11.5 Å². The highest BCUT2D eigenvalue weighted by atomic mass is 32.1. The molecule has 134 valence electrons. The molecule has 5 heteroatoms. The quantitative estimate of drug-likeness (QED) is 0.425. The second-order valence-corrected chi connectivity index (χ2v) is 6.43. The lowest BCUT2D eigenvalue weighted by Crippen LogP contribution is -1.91. The van der Waals surface area contributed by atoms with E-state index in [2.05, 4.69) is 11.1 Å². The van der Waals surface area contributed by atoms with Gasteiger partial charge in [0.2, 0.25) is 0 Å². The monoisotopic (exact) mass is 374 g/mol. The molecule has 0 saturated heterocycles. The van der Waals surface area contributed by atoms with Gasteiger partial charge >= 0.3 is 0 Å². The summed E-state index contributed by atoms with van der Waals surface area (Å²) in [6, 6.07) is 17.8. The van der Waals surface area contributed by atoms with Crippen LogP contribution in [0.2, 0.25) is 0 Å². The lowest BCUT2D eigenvalue weighted by Gasteiger charge is -2.08. The second-order valence-electron chi connectivity index (χ2n) is 5.57. The van der Waals surface area contributed by atoms with Crippen molar-refractivity contribution < 1.29 is 9.47 Å². The summed E-state index contributed by atoms with van der Waals surface area (Å²) in [6.45, 7) is 0. The van der Waals surface area contributed by atoms with Crippen LogP contribution in [0.4, 0.5) is 0 Å². The second kappa shape index (κ2) is 8.84. The summed E-state index contributed by atoms with van der Waals surface area (Å²) in [5, 5.41) is 12.1. The largest absolute Gasteiger partial charge is 0.493 e. The smallest absolute Gasteiger partial charge is 0.161 e. The highest BCUT2D eigenvalue weighted by Crippen LogP contribution is 2.33. The number of benzene rings is 2. The Kier molecular flexibility index (Phi) is 6.03. The number of aromatic nitrogens is 1. The van der Waals surface area contributed by atoms with E-state index in [1.54, 1.807) is 20.3 Å². The molecular weight excluding hydrogens is 356 g/mol. The zero-order valence-corrected chi connectivity index (χ0v) is 15.9. The Morgan fingerprint density at radius 1 is 1.07 bits per heavy atom. The maximum atomic E-state index is 9.48. The molecule has 0 bridgehead atoms. The maximum Gasteiger partial charge on any atom is 0.161 e. The van der Waals surface area contributed by atoms with Gasteiger partial charge in [0.15, 0.2) is 11.5 Å². The van der Waals surface area contributed by atoms with E-state index in [9.17, 15) is 5.26 Å². The van der Waals surface area contributed by atoms with Crippen LogP contribution < -0.4 is 9.47 Å². The number of ether oxygens (including phenoxy) is 2. The minimum absolute atomic E-state index is 0.527. The minimum Gasteiger partial charge on any atom is -0.493 e. The van der Waals surface area contributed by atoms with Crippen molar-refractivity contribution >= 4 is 23.0 Å². The number of allylic oxidation sites excluding steroid dienone is 3. The Morgan fingerprint density at radius 3 is 2.56 bits per heavy atom. The maximum absolute atomic E-state index is 9.48. The van der Waals surface area contributed by atoms with E-state index in [1.807, 2.05) is 66.1 Å². The fraction of sp³-hybridized carbons (Fsp3) is 0.0909. The van der Waals surface area contributed by atoms with Crippen molar-refractivity contribution in [3.05, 3.63) is 76.6 Å². The number of nitriles is 1. The van der Waals surface area contributed by atoms with E-state index >= 15 is 0 Å². The first-order valence-corrected chi connectivity index (χ1v) is 9.15. The van der Waals surface area contributed by atoms with Crippen molar-refractivity contribution in [2.24, 2.45) is 0 Å². The molecule has 4 nitrogen and oxygen atoms in total. The van der Waals surface area contributed by atoms with Gasteiger partial charge in [-0.3, -0.25) is 0 Å². The molecular formula is C22H18N2O2S. The van der Waals surface area contributed by atoms with Crippen molar-refractivity contribution in [1.82, 2.24) is 4.98 Å². The summed E-state index contributed by atoms with van der Waals surface area (Å²) in [4.78, 5) is 4.61. The van der Waals surface area contributed by atoms with Crippen molar-refractivity contribution in [1.29, 1.82) is 5.26 Å². The molecule has 3 rings (SSSR count). The average molecular weight is 374 g/mol. The number of thiazole rings is 1. The van der Waals surface area contributed by atoms with Gasteiger partial charge in [0.05, 0.1) is 25.5 Å². The lowest BCUT2D eigenvalue weighted by molar-refractivity contribution is 0.355. The van der Waals surface area contributed by atoms with E-state index in [4.69, 9.17) is 9.47 Å². The number of methoxy groups -OCH3 is 2. The van der Waals surface area contributed by atoms with Crippen LogP contribution in [0.1, 0.15) is 10.6 Å². The van der Waals surface area contributed by atoms with Gasteiger partial charge in [0, 0.05) is 10.9 Å². The summed E-state index contributed by atoms with van der Waals surface area (Å²) >= 11 is 1.44. The molecule has 27 heavy (non-hydrogen) atoms. The number of nitrogens with zero attached hydrogens (tertiary/aromatic N) is 2. The summed E-state index contributed by atoms with van der Waals surface area (Å²) in [5.74, 6) is 1.31. The fourth-order valence-corrected chi connectivity index (χ4v) is 3.31. The highest BCUT2D eigenvalue weighted by Gasteiger charge is 2.11. The van der Waals surface area contributed by atoms with Crippen LogP contribution in [0.15, 0.2) is 66.1 Å². The van der Waals surface area contributed by atoms with Gasteiger partial charge in [-0.25, -0.2) is 4.98 Å². The first kappa shape index (κ1) is 18.4. The number of rotatable bonds is 6. The molecule has 0 unspecified atom stereocenters. The molecule has 0 radical (unpaired) electrons. The van der Waals surface area contributed by atoms with Crippen molar-refractivity contribution in [2.45, 2.75) is 0 Å². The van der Waals surface area contributed by atoms with Gasteiger partial charge in [-0.1, -0.05) is 42.5 Å². The van der Waals surface area contributed by atoms with Crippen LogP contribution in [-0.2, 0) is 0 Å². The zero-order valence-electron chi connectivity index (χ0n) is 15.0. The van der Waals surface area contributed by atoms with Gasteiger partial charge in [0.25, 0.3) is 0 Å². The molecule has 2 aromatic carbocycles. The van der Waals surface area contributed by atoms with Crippen molar-refractivity contribution in [3.8, 4) is 28.8 Å². The van der Waals surface area contributed by atoms with E-state index in [-0.39, 0.29) is 0 Å². The molecule has 0 amide bonds. The number of hydrogen-bond acceptors (Lipinski definition) is 5. The highest BCUT2D eigenvalue weighted by molar-refractivity contribution is 7.11. The standard InChI is InChI=1S/C22H18N2O2S/c1-25-20-12-11-17(13-21(20)26-2)19-15-27-22(24-19)18(14-23)10-6-9-16-7-4-3-5-8-16/h3-13,15H,1-2H3. The predicted octanol–water partition coefficient (Wildman–Crippen LogP) is 5.45. The van der Waals surface area contributed by atoms with Crippen LogP contribution in [0.3, 0.4) is 0 Å². The Morgan fingerprint density at radius 2 is 1.85 bits per heavy atom. The van der Waals surface area contributed by atoms with Crippen LogP contribution in [0.25, 0.3) is 22.9 Å². The van der Waals surface area contributed by atoms with Gasteiger partial charge < -0.3 is 9.47 Å². The van der Waals surface area contributed by atoms with E-state index in [0.29, 0.717) is 22.1 Å². The molecule has 1 aromatic heterocycles. The molecule has 0 aliphatic rings. The molecule has 0 saturated carbocycles. The minimum atomic E-state index is 0.527. The fourth-order valence-electron chi connectivity index (χ4n) is 2.50. The summed E-state index contributed by atoms with van der Waals surface area (Å²) in [7, 11) is 3.20. The van der Waals surface area contributed by atoms with Crippen molar-refractivity contribution in [2.75, 3.05) is 14.2 Å². The molecule has 0 aliphatic heterocycles. The van der Waals surface area contributed by atoms with E-state index < -0.39 is 0 Å². The van der Waals surface area contributed by atoms with Crippen LogP contribution in [-0.4, -0.2) is 19.2 Å². The third-order valence-corrected chi connectivity index (χ3v) is 4.76. The van der Waals surface area contributed by atoms with E-state index in [1.165, 1.54) is 11.3 Å². The van der Waals surface area contributed by atoms with E-state index in [0.717, 1.165) is 16.8 Å². The summed E-state index contributed by atoms with van der Waals surface area (Å²) in [6.07, 6.45) is 5.61. The Balaban J connectivity index is 1.84. The summed E-state index contributed by atoms with van der Waals surface area (Å²) < 4.78 is 10.6. The molecule has 1 heterocycles. The first-order chi connectivity index (χ1) is 13.2. The SMILES string of the molecule is COc1ccc(-c2csc(C(C#N)=CC=Cc3ccccc3)n2)cc1OC. The Bertz CT molecular complexity index is 1010. The Labute approximate surface area is 162 Å². The number of hydrogen-bond donors (Lipinski definition) is 0. The molecule has 0 atom stereocenters. The van der Waals surface area contributed by atoms with Crippen molar-refractivity contribution in [3.63, 3.8) is 0 Å². The molecule has 3 aromatic rings. The van der Waals surface area contributed by atoms with Crippen LogP contribution >= 0.6 is 11.3 Å². The predicted molar refractivity (Wildman–Crippen MR) is 110 cm³/mol. The van der Waals surface area contributed by atoms with Crippen LogP contribution in [0, 0.1) is 11.3 Å². The van der Waals surface area contributed by atoms with Gasteiger partial charge in [-0.05, 0) is 29.8 Å². The lowest BCUT2D eigenvalue weighted by atomic mass is 10.1. The van der Waals surface area contributed by atoms with Gasteiger partial charge in [-0.15, -0.1) is 11.3 Å². The molecule has 0 fully saturated rings. The molecule has 0 aliphatic carbocycles. The molecule has 0 N–H and O–H groups in total. The third-order valence-electron chi connectivity index (χ3n) is 3.89. The topological polar surface area (TPSA) is 55.1 Å². The Hall–Kier alpha value is -3.36. The molecule has 0 spiro atoms. The summed E-state index contributed by atoms with van der Waals surface area (Å²) in [5.41, 5.74) is 3.31. The first-order valence-electron chi connectivity index (χ1n) is 8.27. The normalized spacial score (nSPS) is 11.4. The zero-order chi connectivity index (χ0) is 19.1. The van der Waals surface area contributed by atoms with Gasteiger partial charge in [-0.2, -0.15) is 5.26 Å². The average Bonchev–Trinajstić information content (AvgIpc) is 3.21. The van der Waals surface area contributed by atoms with Gasteiger partial charge in [0.1, 0.15) is 11.1 Å². The third kappa shape index (κ3) is 4.43.